The van der Waals surface area contributed by atoms with Gasteiger partial charge < -0.3 is 5.32 Å². The first-order valence-corrected chi connectivity index (χ1v) is 6.15. The minimum atomic E-state index is 0.848. The average Bonchev–Trinajstić information content (AvgIpc) is 2.74. The first kappa shape index (κ1) is 9.83. The number of nitrogens with one attached hydrogen (secondary N) is 1. The van der Waals surface area contributed by atoms with Gasteiger partial charge in [0.05, 0.1) is 10.6 Å². The van der Waals surface area contributed by atoms with Crippen LogP contribution in [-0.2, 0) is 6.54 Å². The second-order valence-electron chi connectivity index (χ2n) is 3.08. The molecule has 0 spiro atoms. The van der Waals surface area contributed by atoms with Crippen molar-refractivity contribution < 1.29 is 0 Å². The van der Waals surface area contributed by atoms with Gasteiger partial charge in [-0.25, -0.2) is 4.98 Å². The van der Waals surface area contributed by atoms with Crippen LogP contribution >= 0.6 is 22.7 Å². The van der Waals surface area contributed by atoms with Crippen LogP contribution in [-0.4, -0.2) is 12.0 Å². The van der Waals surface area contributed by atoms with Crippen LogP contribution in [0.5, 0.6) is 0 Å². The van der Waals surface area contributed by atoms with Crippen LogP contribution in [0.1, 0.15) is 10.6 Å². The van der Waals surface area contributed by atoms with E-state index in [0.29, 0.717) is 0 Å². The Morgan fingerprint density at radius 3 is 2.93 bits per heavy atom. The molecule has 0 fully saturated rings. The molecule has 0 aromatic carbocycles. The molecule has 0 amide bonds. The number of rotatable bonds is 3. The molecule has 74 valence electrons. The van der Waals surface area contributed by atoms with Crippen molar-refractivity contribution in [2.75, 3.05) is 7.05 Å². The van der Waals surface area contributed by atoms with Crippen molar-refractivity contribution in [3.63, 3.8) is 0 Å². The number of hydrogen-bond donors (Lipinski definition) is 1. The Labute approximate surface area is 91.6 Å². The van der Waals surface area contributed by atoms with Crippen LogP contribution in [0.25, 0.3) is 9.88 Å². The van der Waals surface area contributed by atoms with Gasteiger partial charge in [0, 0.05) is 16.8 Å². The Bertz CT molecular complexity index is 417. The zero-order valence-corrected chi connectivity index (χ0v) is 9.84. The molecule has 2 heterocycles. The lowest BCUT2D eigenvalue weighted by Crippen LogP contribution is -2.04. The Kier molecular flexibility index (Phi) is 2.96. The summed E-state index contributed by atoms with van der Waals surface area (Å²) >= 11 is 3.51. The number of hydrogen-bond acceptors (Lipinski definition) is 4. The van der Waals surface area contributed by atoms with E-state index < -0.39 is 0 Å². The molecule has 0 aliphatic heterocycles. The molecule has 2 nitrogen and oxygen atoms in total. The standard InChI is InChI=1S/C10H12N2S2/c1-7-3-4-9(14-7)10-12-8(5-11-2)6-13-10/h3-4,6,11H,5H2,1-2H3. The average molecular weight is 224 g/mol. The van der Waals surface area contributed by atoms with Crippen molar-refractivity contribution >= 4 is 22.7 Å². The van der Waals surface area contributed by atoms with Crippen molar-refractivity contribution in [1.82, 2.24) is 10.3 Å². The first-order chi connectivity index (χ1) is 6.79. The molecule has 0 bridgehead atoms. The lowest BCUT2D eigenvalue weighted by Gasteiger charge is -1.91. The Balaban J connectivity index is 2.24. The molecule has 4 heteroatoms. The number of nitrogens with zero attached hydrogens (tertiary/aromatic N) is 1. The number of thiazole rings is 1. The fourth-order valence-electron chi connectivity index (χ4n) is 1.23. The monoisotopic (exact) mass is 224 g/mol. The summed E-state index contributed by atoms with van der Waals surface area (Å²) < 4.78 is 0. The van der Waals surface area contributed by atoms with E-state index >= 15 is 0 Å². The summed E-state index contributed by atoms with van der Waals surface area (Å²) in [6.07, 6.45) is 0. The minimum absolute atomic E-state index is 0.848. The van der Waals surface area contributed by atoms with E-state index in [9.17, 15) is 0 Å². The van der Waals surface area contributed by atoms with Gasteiger partial charge in [-0.2, -0.15) is 0 Å². The van der Waals surface area contributed by atoms with E-state index in [2.05, 4.69) is 34.7 Å². The highest BCUT2D eigenvalue weighted by Crippen LogP contribution is 2.30. The zero-order valence-electron chi connectivity index (χ0n) is 8.20. The lowest BCUT2D eigenvalue weighted by molar-refractivity contribution is 0.798. The van der Waals surface area contributed by atoms with Gasteiger partial charge in [-0.15, -0.1) is 22.7 Å². The molecule has 2 aromatic rings. The molecule has 0 saturated heterocycles. The number of aromatic nitrogens is 1. The zero-order chi connectivity index (χ0) is 9.97. The Hall–Kier alpha value is -0.710. The number of thiophene rings is 1. The highest BCUT2D eigenvalue weighted by molar-refractivity contribution is 7.21. The third-order valence-electron chi connectivity index (χ3n) is 1.86. The predicted molar refractivity (Wildman–Crippen MR) is 62.9 cm³/mol. The molecule has 0 aliphatic rings. The van der Waals surface area contributed by atoms with E-state index in [1.165, 1.54) is 9.75 Å². The largest absolute Gasteiger partial charge is 0.314 e. The summed E-state index contributed by atoms with van der Waals surface area (Å²) in [5.41, 5.74) is 1.12. The van der Waals surface area contributed by atoms with E-state index in [-0.39, 0.29) is 0 Å². The quantitative estimate of drug-likeness (QED) is 0.867. The number of aryl methyl sites for hydroxylation is 1. The van der Waals surface area contributed by atoms with Gasteiger partial charge in [0.15, 0.2) is 0 Å². The lowest BCUT2D eigenvalue weighted by atomic mass is 10.4. The van der Waals surface area contributed by atoms with Crippen LogP contribution in [0.3, 0.4) is 0 Å². The van der Waals surface area contributed by atoms with Crippen molar-refractivity contribution in [2.24, 2.45) is 0 Å². The topological polar surface area (TPSA) is 24.9 Å². The van der Waals surface area contributed by atoms with Gasteiger partial charge in [0.25, 0.3) is 0 Å². The van der Waals surface area contributed by atoms with Crippen molar-refractivity contribution in [1.29, 1.82) is 0 Å². The van der Waals surface area contributed by atoms with Crippen molar-refractivity contribution in [3.8, 4) is 9.88 Å². The fraction of sp³-hybridized carbons (Fsp3) is 0.300. The summed E-state index contributed by atoms with van der Waals surface area (Å²) in [6.45, 7) is 2.97. The smallest absolute Gasteiger partial charge is 0.133 e. The van der Waals surface area contributed by atoms with Crippen LogP contribution in [0.15, 0.2) is 17.5 Å². The van der Waals surface area contributed by atoms with Gasteiger partial charge in [-0.05, 0) is 26.1 Å². The molecular formula is C10H12N2S2. The molecule has 0 radical (unpaired) electrons. The summed E-state index contributed by atoms with van der Waals surface area (Å²) in [5.74, 6) is 0. The van der Waals surface area contributed by atoms with Gasteiger partial charge in [0.2, 0.25) is 0 Å². The molecule has 14 heavy (non-hydrogen) atoms. The van der Waals surface area contributed by atoms with Crippen LogP contribution in [0.2, 0.25) is 0 Å². The van der Waals surface area contributed by atoms with Crippen LogP contribution in [0.4, 0.5) is 0 Å². The second-order valence-corrected chi connectivity index (χ2v) is 5.23. The molecule has 2 rings (SSSR count). The summed E-state index contributed by atoms with van der Waals surface area (Å²) in [5, 5.41) is 6.35. The second kappa shape index (κ2) is 4.21. The van der Waals surface area contributed by atoms with Gasteiger partial charge >= 0.3 is 0 Å². The minimum Gasteiger partial charge on any atom is -0.314 e. The summed E-state index contributed by atoms with van der Waals surface area (Å²) in [7, 11) is 1.94. The highest BCUT2D eigenvalue weighted by atomic mass is 32.1. The molecule has 2 aromatic heterocycles. The van der Waals surface area contributed by atoms with Crippen LogP contribution < -0.4 is 5.32 Å². The van der Waals surface area contributed by atoms with Crippen molar-refractivity contribution in [2.45, 2.75) is 13.5 Å². The molecule has 1 N–H and O–H groups in total. The van der Waals surface area contributed by atoms with Gasteiger partial charge in [-0.3, -0.25) is 0 Å². The normalized spacial score (nSPS) is 10.7. The van der Waals surface area contributed by atoms with Gasteiger partial charge in [0.1, 0.15) is 5.01 Å². The first-order valence-electron chi connectivity index (χ1n) is 4.45. The van der Waals surface area contributed by atoms with Crippen LogP contribution in [0, 0.1) is 6.92 Å². The summed E-state index contributed by atoms with van der Waals surface area (Å²) in [4.78, 5) is 7.16. The Morgan fingerprint density at radius 1 is 1.43 bits per heavy atom. The third-order valence-corrected chi connectivity index (χ3v) is 3.92. The molecule has 0 unspecified atom stereocenters. The molecule has 0 saturated carbocycles. The Morgan fingerprint density at radius 2 is 2.29 bits per heavy atom. The fourth-order valence-corrected chi connectivity index (χ4v) is 2.99. The highest BCUT2D eigenvalue weighted by Gasteiger charge is 2.05. The predicted octanol–water partition coefficient (Wildman–Crippen LogP) is 2.90. The van der Waals surface area contributed by atoms with Gasteiger partial charge in [-0.1, -0.05) is 0 Å². The molecule has 0 atom stereocenters. The van der Waals surface area contributed by atoms with E-state index in [4.69, 9.17) is 0 Å². The van der Waals surface area contributed by atoms with Crippen molar-refractivity contribution in [3.05, 3.63) is 28.1 Å². The van der Waals surface area contributed by atoms with E-state index in [1.54, 1.807) is 22.7 Å². The SMILES string of the molecule is CNCc1csc(-c2ccc(C)s2)n1. The third kappa shape index (κ3) is 2.03. The molecular weight excluding hydrogens is 212 g/mol. The maximum atomic E-state index is 4.55. The maximum Gasteiger partial charge on any atom is 0.133 e. The van der Waals surface area contributed by atoms with E-state index in [1.807, 2.05) is 7.05 Å². The molecule has 0 aliphatic carbocycles. The maximum absolute atomic E-state index is 4.55. The van der Waals surface area contributed by atoms with E-state index in [0.717, 1.165) is 17.2 Å². The summed E-state index contributed by atoms with van der Waals surface area (Å²) in [6, 6.07) is 4.28.